The van der Waals surface area contributed by atoms with Crippen molar-refractivity contribution >= 4 is 56.7 Å². The quantitative estimate of drug-likeness (QED) is 0.223. The second-order valence-corrected chi connectivity index (χ2v) is 10.8. The van der Waals surface area contributed by atoms with Gasteiger partial charge < -0.3 is 9.88 Å². The van der Waals surface area contributed by atoms with E-state index < -0.39 is 0 Å². The molecule has 37 heavy (non-hydrogen) atoms. The Morgan fingerprint density at radius 1 is 0.973 bits per heavy atom. The monoisotopic (exact) mass is 523 g/mol. The molecule has 0 radical (unpaired) electrons. The third kappa shape index (κ3) is 4.85. The summed E-state index contributed by atoms with van der Waals surface area (Å²) in [5.74, 6) is -0.0844. The van der Waals surface area contributed by atoms with E-state index in [1.54, 1.807) is 11.3 Å². The first-order valence-electron chi connectivity index (χ1n) is 12.5. The van der Waals surface area contributed by atoms with Crippen molar-refractivity contribution < 1.29 is 4.79 Å². The van der Waals surface area contributed by atoms with E-state index in [4.69, 9.17) is 16.6 Å². The third-order valence-electron chi connectivity index (χ3n) is 6.85. The Balaban J connectivity index is 1.37. The highest BCUT2D eigenvalue weighted by Crippen LogP contribution is 2.40. The van der Waals surface area contributed by atoms with Crippen LogP contribution in [0.3, 0.4) is 0 Å². The van der Waals surface area contributed by atoms with Gasteiger partial charge >= 0.3 is 0 Å². The summed E-state index contributed by atoms with van der Waals surface area (Å²) in [6.45, 7) is 0.673. The minimum absolute atomic E-state index is 0.0844. The van der Waals surface area contributed by atoms with Crippen LogP contribution in [0.5, 0.6) is 0 Å². The molecule has 6 heteroatoms. The molecule has 0 bridgehead atoms. The number of hydrogen-bond donors (Lipinski definition) is 1. The summed E-state index contributed by atoms with van der Waals surface area (Å²) in [6.07, 6.45) is 8.23. The van der Waals surface area contributed by atoms with Gasteiger partial charge in [0.1, 0.15) is 5.00 Å². The number of carbonyl (C=O) groups is 1. The van der Waals surface area contributed by atoms with Crippen molar-refractivity contribution in [2.75, 3.05) is 5.32 Å². The Kier molecular flexibility index (Phi) is 6.64. The number of para-hydroxylation sites is 2. The van der Waals surface area contributed by atoms with Gasteiger partial charge in [0.05, 0.1) is 5.56 Å². The summed E-state index contributed by atoms with van der Waals surface area (Å²) in [6, 6.07) is 25.9. The fraction of sp³-hybridized carbons (Fsp3) is 0.161. The van der Waals surface area contributed by atoms with Gasteiger partial charge in [-0.1, -0.05) is 66.2 Å². The van der Waals surface area contributed by atoms with E-state index in [-0.39, 0.29) is 5.91 Å². The molecule has 0 saturated carbocycles. The minimum Gasteiger partial charge on any atom is -0.342 e. The summed E-state index contributed by atoms with van der Waals surface area (Å²) < 4.78 is 2.21. The molecule has 0 fully saturated rings. The number of aliphatic imine (C=N–C) groups is 1. The number of rotatable bonds is 6. The van der Waals surface area contributed by atoms with Gasteiger partial charge in [-0.2, -0.15) is 0 Å². The molecule has 184 valence electrons. The number of thiophene rings is 1. The molecule has 0 spiro atoms. The maximum absolute atomic E-state index is 13.4. The predicted molar refractivity (Wildman–Crippen MR) is 155 cm³/mol. The largest absolute Gasteiger partial charge is 0.342 e. The molecule has 2 aromatic heterocycles. The Labute approximate surface area is 225 Å². The lowest BCUT2D eigenvalue weighted by molar-refractivity contribution is 0.102. The summed E-state index contributed by atoms with van der Waals surface area (Å²) in [5.41, 5.74) is 5.89. The molecule has 6 rings (SSSR count). The summed E-state index contributed by atoms with van der Waals surface area (Å²) in [7, 11) is 0. The van der Waals surface area contributed by atoms with Gasteiger partial charge in [-0.25, -0.2) is 4.99 Å². The zero-order valence-corrected chi connectivity index (χ0v) is 21.9. The van der Waals surface area contributed by atoms with Crippen molar-refractivity contribution in [3.05, 3.63) is 117 Å². The van der Waals surface area contributed by atoms with Crippen LogP contribution < -0.4 is 5.32 Å². The molecular formula is C31H26ClN3OS. The summed E-state index contributed by atoms with van der Waals surface area (Å²) in [5, 5.41) is 5.74. The molecule has 1 aliphatic carbocycles. The molecule has 1 amide bonds. The van der Waals surface area contributed by atoms with Crippen LogP contribution in [-0.4, -0.2) is 16.7 Å². The van der Waals surface area contributed by atoms with Gasteiger partial charge in [0.2, 0.25) is 0 Å². The van der Waals surface area contributed by atoms with Crippen molar-refractivity contribution in [3.8, 4) is 0 Å². The van der Waals surface area contributed by atoms with Crippen LogP contribution >= 0.6 is 22.9 Å². The Morgan fingerprint density at radius 2 is 1.73 bits per heavy atom. The van der Waals surface area contributed by atoms with E-state index >= 15 is 0 Å². The van der Waals surface area contributed by atoms with Crippen LogP contribution in [0.4, 0.5) is 10.7 Å². The number of amides is 1. The highest BCUT2D eigenvalue weighted by Gasteiger charge is 2.25. The maximum atomic E-state index is 13.4. The number of fused-ring (bicyclic) bond motifs is 2. The lowest BCUT2D eigenvalue weighted by Crippen LogP contribution is -2.14. The molecule has 2 heterocycles. The van der Waals surface area contributed by atoms with E-state index in [1.165, 1.54) is 4.88 Å². The van der Waals surface area contributed by atoms with Gasteiger partial charge in [0.25, 0.3) is 5.91 Å². The molecule has 0 unspecified atom stereocenters. The number of halogens is 1. The molecule has 1 N–H and O–H groups in total. The smallest absolute Gasteiger partial charge is 0.259 e. The second-order valence-electron chi connectivity index (χ2n) is 9.29. The van der Waals surface area contributed by atoms with Crippen LogP contribution in [0, 0.1) is 0 Å². The topological polar surface area (TPSA) is 46.4 Å². The fourth-order valence-electron chi connectivity index (χ4n) is 5.04. The number of anilines is 1. The normalized spacial score (nSPS) is 13.2. The molecule has 3 aromatic carbocycles. The SMILES string of the molecule is O=C(Nc1ccccc1)c1c(N=Cc2cn(Cc3ccccc3Cl)c3ccccc23)sc2c1CCCC2. The zero-order valence-electron chi connectivity index (χ0n) is 20.3. The molecule has 0 aliphatic heterocycles. The average molecular weight is 524 g/mol. The lowest BCUT2D eigenvalue weighted by Gasteiger charge is -2.12. The number of hydrogen-bond acceptors (Lipinski definition) is 3. The number of carbonyl (C=O) groups excluding carboxylic acids is 1. The number of nitrogens with zero attached hydrogens (tertiary/aromatic N) is 2. The standard InChI is InChI=1S/C31H26ClN3OS/c32-26-15-7-4-10-21(26)19-35-20-22(24-13-5-8-16-27(24)35)18-33-31-29(25-14-6-9-17-28(25)37-31)30(36)34-23-11-2-1-3-12-23/h1-5,7-8,10-13,15-16,18,20H,6,9,14,17,19H2,(H,34,36). The Hall–Kier alpha value is -3.67. The fourth-order valence-corrected chi connectivity index (χ4v) is 6.46. The van der Waals surface area contributed by atoms with Crippen molar-refractivity contribution in [2.45, 2.75) is 32.2 Å². The summed E-state index contributed by atoms with van der Waals surface area (Å²) in [4.78, 5) is 19.7. The van der Waals surface area contributed by atoms with Crippen molar-refractivity contribution in [2.24, 2.45) is 4.99 Å². The minimum atomic E-state index is -0.0844. The molecule has 1 aliphatic rings. The van der Waals surface area contributed by atoms with E-state index in [9.17, 15) is 4.79 Å². The molecule has 4 nitrogen and oxygen atoms in total. The number of benzene rings is 3. The Bertz CT molecular complexity index is 1620. The van der Waals surface area contributed by atoms with E-state index in [0.717, 1.165) is 74.6 Å². The second kappa shape index (κ2) is 10.4. The molecular weight excluding hydrogens is 498 g/mol. The number of aryl methyl sites for hydroxylation is 1. The molecule has 5 aromatic rings. The van der Waals surface area contributed by atoms with E-state index in [0.29, 0.717) is 6.54 Å². The number of aromatic nitrogens is 1. The van der Waals surface area contributed by atoms with E-state index in [1.807, 2.05) is 66.9 Å². The highest BCUT2D eigenvalue weighted by molar-refractivity contribution is 7.16. The Morgan fingerprint density at radius 3 is 2.59 bits per heavy atom. The predicted octanol–water partition coefficient (Wildman–Crippen LogP) is 8.29. The molecule has 0 saturated heterocycles. The maximum Gasteiger partial charge on any atom is 0.259 e. The van der Waals surface area contributed by atoms with Crippen molar-refractivity contribution in [1.82, 2.24) is 4.57 Å². The van der Waals surface area contributed by atoms with Crippen LogP contribution in [0.1, 0.15) is 44.8 Å². The van der Waals surface area contributed by atoms with Crippen LogP contribution in [0.2, 0.25) is 5.02 Å². The van der Waals surface area contributed by atoms with Crippen LogP contribution in [0.25, 0.3) is 10.9 Å². The van der Waals surface area contributed by atoms with Crippen LogP contribution in [0.15, 0.2) is 90.1 Å². The van der Waals surface area contributed by atoms with Gasteiger partial charge in [0.15, 0.2) is 0 Å². The average Bonchev–Trinajstić information content (AvgIpc) is 3.47. The molecule has 0 atom stereocenters. The van der Waals surface area contributed by atoms with Crippen molar-refractivity contribution in [1.29, 1.82) is 0 Å². The van der Waals surface area contributed by atoms with Crippen LogP contribution in [-0.2, 0) is 19.4 Å². The first-order chi connectivity index (χ1) is 18.2. The number of nitrogens with one attached hydrogen (secondary N) is 1. The van der Waals surface area contributed by atoms with E-state index in [2.05, 4.69) is 34.3 Å². The van der Waals surface area contributed by atoms with Gasteiger partial charge in [-0.15, -0.1) is 11.3 Å². The van der Waals surface area contributed by atoms with Crippen molar-refractivity contribution in [3.63, 3.8) is 0 Å². The first-order valence-corrected chi connectivity index (χ1v) is 13.7. The lowest BCUT2D eigenvalue weighted by atomic mass is 9.95. The summed E-state index contributed by atoms with van der Waals surface area (Å²) >= 11 is 8.11. The van der Waals surface area contributed by atoms with Gasteiger partial charge in [-0.05, 0) is 61.1 Å². The van der Waals surface area contributed by atoms with Gasteiger partial charge in [0, 0.05) is 51.0 Å². The third-order valence-corrected chi connectivity index (χ3v) is 8.42. The van der Waals surface area contributed by atoms with Gasteiger partial charge in [-0.3, -0.25) is 4.79 Å². The zero-order chi connectivity index (χ0) is 25.2. The first kappa shape index (κ1) is 23.7. The highest BCUT2D eigenvalue weighted by atomic mass is 35.5.